The first-order chi connectivity index (χ1) is 7.61. The molecule has 1 atom stereocenters. The maximum absolute atomic E-state index is 12.9. The number of fused-ring (bicyclic) bond motifs is 1. The van der Waals surface area contributed by atoms with Gasteiger partial charge in [0.25, 0.3) is 0 Å². The van der Waals surface area contributed by atoms with E-state index in [0.717, 1.165) is 6.20 Å². The number of hydrogen-bond donors (Lipinski definition) is 3. The number of H-pyrrole nitrogens is 1. The van der Waals surface area contributed by atoms with Crippen LogP contribution in [0.5, 0.6) is 0 Å². The van der Waals surface area contributed by atoms with E-state index in [9.17, 15) is 9.18 Å². The molecule has 5 nitrogen and oxygen atoms in total. The van der Waals surface area contributed by atoms with Gasteiger partial charge in [0, 0.05) is 18.3 Å². The molecule has 0 saturated carbocycles. The summed E-state index contributed by atoms with van der Waals surface area (Å²) in [5.74, 6) is -2.31. The van der Waals surface area contributed by atoms with Crippen LogP contribution in [-0.4, -0.2) is 27.6 Å². The predicted octanol–water partition coefficient (Wildman–Crippen LogP) is 0.829. The SMILES string of the molecule is NCC(C(=O)O)c1cc2ncc(F)cc2[nH]1. The summed E-state index contributed by atoms with van der Waals surface area (Å²) < 4.78 is 12.9. The smallest absolute Gasteiger partial charge is 0.313 e. The number of rotatable bonds is 3. The summed E-state index contributed by atoms with van der Waals surface area (Å²) in [6.07, 6.45) is 1.08. The highest BCUT2D eigenvalue weighted by molar-refractivity contribution is 5.81. The van der Waals surface area contributed by atoms with Gasteiger partial charge in [0.1, 0.15) is 11.7 Å². The fourth-order valence-corrected chi connectivity index (χ4v) is 1.55. The van der Waals surface area contributed by atoms with E-state index < -0.39 is 17.7 Å². The molecule has 0 bridgehead atoms. The average Bonchev–Trinajstić information content (AvgIpc) is 2.60. The lowest BCUT2D eigenvalue weighted by Crippen LogP contribution is -2.21. The van der Waals surface area contributed by atoms with E-state index in [1.807, 2.05) is 0 Å². The van der Waals surface area contributed by atoms with E-state index in [1.54, 1.807) is 6.07 Å². The second-order valence-electron chi connectivity index (χ2n) is 3.44. The van der Waals surface area contributed by atoms with Gasteiger partial charge in [-0.05, 0) is 6.07 Å². The second-order valence-corrected chi connectivity index (χ2v) is 3.44. The van der Waals surface area contributed by atoms with Crippen molar-refractivity contribution < 1.29 is 14.3 Å². The lowest BCUT2D eigenvalue weighted by Gasteiger charge is -2.05. The quantitative estimate of drug-likeness (QED) is 0.718. The van der Waals surface area contributed by atoms with Crippen molar-refractivity contribution in [1.82, 2.24) is 9.97 Å². The van der Waals surface area contributed by atoms with Crippen molar-refractivity contribution in [3.05, 3.63) is 29.8 Å². The number of nitrogens with one attached hydrogen (secondary N) is 1. The summed E-state index contributed by atoms with van der Waals surface area (Å²) in [6, 6.07) is 2.84. The van der Waals surface area contributed by atoms with Crippen molar-refractivity contribution in [3.63, 3.8) is 0 Å². The summed E-state index contributed by atoms with van der Waals surface area (Å²) in [5.41, 5.74) is 6.79. The van der Waals surface area contributed by atoms with Gasteiger partial charge in [0.05, 0.1) is 17.2 Å². The topological polar surface area (TPSA) is 92.0 Å². The Kier molecular flexibility index (Phi) is 2.57. The van der Waals surface area contributed by atoms with E-state index >= 15 is 0 Å². The molecule has 2 rings (SSSR count). The predicted molar refractivity (Wildman–Crippen MR) is 55.5 cm³/mol. The van der Waals surface area contributed by atoms with Crippen LogP contribution < -0.4 is 5.73 Å². The molecule has 0 spiro atoms. The zero-order valence-electron chi connectivity index (χ0n) is 8.27. The van der Waals surface area contributed by atoms with E-state index in [-0.39, 0.29) is 6.54 Å². The summed E-state index contributed by atoms with van der Waals surface area (Å²) >= 11 is 0. The standard InChI is InChI=1S/C10H10FN3O2/c11-5-1-9-8(13-4-5)2-7(14-9)6(3-12)10(15)16/h1-2,4,6,14H,3,12H2,(H,15,16). The van der Waals surface area contributed by atoms with Crippen molar-refractivity contribution in [2.24, 2.45) is 5.73 Å². The van der Waals surface area contributed by atoms with Crippen molar-refractivity contribution in [1.29, 1.82) is 0 Å². The Morgan fingerprint density at radius 3 is 3.00 bits per heavy atom. The highest BCUT2D eigenvalue weighted by Crippen LogP contribution is 2.20. The fourth-order valence-electron chi connectivity index (χ4n) is 1.55. The lowest BCUT2D eigenvalue weighted by molar-refractivity contribution is -0.138. The van der Waals surface area contributed by atoms with E-state index in [1.165, 1.54) is 6.07 Å². The zero-order valence-corrected chi connectivity index (χ0v) is 8.27. The van der Waals surface area contributed by atoms with Gasteiger partial charge in [-0.1, -0.05) is 0 Å². The Morgan fingerprint density at radius 1 is 1.62 bits per heavy atom. The number of pyridine rings is 1. The first-order valence-corrected chi connectivity index (χ1v) is 4.69. The highest BCUT2D eigenvalue weighted by atomic mass is 19.1. The van der Waals surface area contributed by atoms with Crippen LogP contribution in [0.2, 0.25) is 0 Å². The van der Waals surface area contributed by atoms with Crippen LogP contribution >= 0.6 is 0 Å². The largest absolute Gasteiger partial charge is 0.481 e. The molecule has 0 fully saturated rings. The Morgan fingerprint density at radius 2 is 2.38 bits per heavy atom. The van der Waals surface area contributed by atoms with Crippen LogP contribution in [0, 0.1) is 5.82 Å². The normalized spacial score (nSPS) is 12.9. The summed E-state index contributed by atoms with van der Waals surface area (Å²) in [6.45, 7) is -0.0232. The molecule has 0 aliphatic carbocycles. The maximum Gasteiger partial charge on any atom is 0.313 e. The van der Waals surface area contributed by atoms with Gasteiger partial charge in [-0.3, -0.25) is 9.78 Å². The van der Waals surface area contributed by atoms with Crippen LogP contribution in [0.3, 0.4) is 0 Å². The van der Waals surface area contributed by atoms with E-state index in [0.29, 0.717) is 16.7 Å². The molecule has 84 valence electrons. The molecule has 2 aromatic heterocycles. The van der Waals surface area contributed by atoms with Gasteiger partial charge in [-0.15, -0.1) is 0 Å². The third kappa shape index (κ3) is 1.74. The molecule has 0 aliphatic rings. The number of aliphatic carboxylic acids is 1. The van der Waals surface area contributed by atoms with E-state index in [4.69, 9.17) is 10.8 Å². The maximum atomic E-state index is 12.9. The summed E-state index contributed by atoms with van der Waals surface area (Å²) in [5, 5.41) is 8.91. The Labute approximate surface area is 90.1 Å². The molecule has 0 aromatic carbocycles. The minimum absolute atomic E-state index is 0.0232. The highest BCUT2D eigenvalue weighted by Gasteiger charge is 2.20. The number of carboxylic acid groups (broad SMARTS) is 1. The van der Waals surface area contributed by atoms with Gasteiger partial charge in [-0.25, -0.2) is 4.39 Å². The van der Waals surface area contributed by atoms with Gasteiger partial charge >= 0.3 is 5.97 Å². The first-order valence-electron chi connectivity index (χ1n) is 4.69. The number of aromatic amines is 1. The Hall–Kier alpha value is -1.95. The number of nitrogens with zero attached hydrogens (tertiary/aromatic N) is 1. The Bertz CT molecular complexity index is 538. The molecular weight excluding hydrogens is 213 g/mol. The summed E-state index contributed by atoms with van der Waals surface area (Å²) in [7, 11) is 0. The first kappa shape index (κ1) is 10.6. The number of nitrogens with two attached hydrogens (primary N) is 1. The van der Waals surface area contributed by atoms with Gasteiger partial charge in [0.2, 0.25) is 0 Å². The molecule has 6 heteroatoms. The number of carbonyl (C=O) groups is 1. The monoisotopic (exact) mass is 223 g/mol. The molecule has 0 radical (unpaired) electrons. The van der Waals surface area contributed by atoms with Crippen LogP contribution in [0.4, 0.5) is 4.39 Å². The van der Waals surface area contributed by atoms with Gasteiger partial charge in [0.15, 0.2) is 0 Å². The molecular formula is C10H10FN3O2. The van der Waals surface area contributed by atoms with Gasteiger partial charge in [-0.2, -0.15) is 0 Å². The number of carboxylic acids is 1. The lowest BCUT2D eigenvalue weighted by atomic mass is 10.1. The van der Waals surface area contributed by atoms with Crippen LogP contribution in [0.15, 0.2) is 18.3 Å². The Balaban J connectivity index is 2.49. The van der Waals surface area contributed by atoms with Crippen molar-refractivity contribution >= 4 is 17.0 Å². The van der Waals surface area contributed by atoms with E-state index in [2.05, 4.69) is 9.97 Å². The fraction of sp³-hybridized carbons (Fsp3) is 0.200. The summed E-state index contributed by atoms with van der Waals surface area (Å²) in [4.78, 5) is 17.5. The molecule has 16 heavy (non-hydrogen) atoms. The number of aromatic nitrogens is 2. The van der Waals surface area contributed by atoms with Crippen molar-refractivity contribution in [2.45, 2.75) is 5.92 Å². The van der Waals surface area contributed by atoms with Crippen molar-refractivity contribution in [3.8, 4) is 0 Å². The van der Waals surface area contributed by atoms with Crippen LogP contribution in [-0.2, 0) is 4.79 Å². The van der Waals surface area contributed by atoms with Gasteiger partial charge < -0.3 is 15.8 Å². The molecule has 2 aromatic rings. The zero-order chi connectivity index (χ0) is 11.7. The number of hydrogen-bond acceptors (Lipinski definition) is 3. The molecule has 4 N–H and O–H groups in total. The minimum atomic E-state index is -1.02. The average molecular weight is 223 g/mol. The minimum Gasteiger partial charge on any atom is -0.481 e. The molecule has 1 unspecified atom stereocenters. The number of halogens is 1. The molecule has 0 aliphatic heterocycles. The third-order valence-corrected chi connectivity index (χ3v) is 2.37. The second kappa shape index (κ2) is 3.90. The van der Waals surface area contributed by atoms with Crippen LogP contribution in [0.25, 0.3) is 11.0 Å². The third-order valence-electron chi connectivity index (χ3n) is 2.37. The van der Waals surface area contributed by atoms with Crippen LogP contribution in [0.1, 0.15) is 11.6 Å². The molecule has 0 amide bonds. The van der Waals surface area contributed by atoms with Crippen molar-refractivity contribution in [2.75, 3.05) is 6.54 Å². The molecule has 2 heterocycles. The molecule has 0 saturated heterocycles.